The number of primary amides is 1. The summed E-state index contributed by atoms with van der Waals surface area (Å²) < 4.78 is 0. The molecule has 2 aliphatic heterocycles. The van der Waals surface area contributed by atoms with Crippen LogP contribution in [0.1, 0.15) is 57.9 Å². The second-order valence-corrected chi connectivity index (χ2v) is 8.16. The maximum atomic E-state index is 12.7. The Morgan fingerprint density at radius 1 is 1.35 bits per heavy atom. The van der Waals surface area contributed by atoms with Crippen LogP contribution in [-0.4, -0.2) is 46.5 Å². The number of anilines is 1. The third-order valence-corrected chi connectivity index (χ3v) is 5.66. The number of rotatable bonds is 8. The van der Waals surface area contributed by atoms with Gasteiger partial charge in [0, 0.05) is 30.5 Å². The molecule has 1 aromatic carbocycles. The third-order valence-electron chi connectivity index (χ3n) is 5.66. The molecule has 1 saturated heterocycles. The first-order chi connectivity index (χ1) is 14.9. The summed E-state index contributed by atoms with van der Waals surface area (Å²) >= 11 is 0. The van der Waals surface area contributed by atoms with Crippen molar-refractivity contribution in [2.24, 2.45) is 10.9 Å². The lowest BCUT2D eigenvalue weighted by molar-refractivity contribution is -0.137. The molecule has 1 spiro atoms. The van der Waals surface area contributed by atoms with Crippen LogP contribution in [0.4, 0.5) is 5.69 Å². The van der Waals surface area contributed by atoms with Gasteiger partial charge in [0.25, 0.3) is 0 Å². The van der Waals surface area contributed by atoms with Gasteiger partial charge in [-0.15, -0.1) is 0 Å². The van der Waals surface area contributed by atoms with Gasteiger partial charge in [-0.1, -0.05) is 43.1 Å². The number of nitrogens with zero attached hydrogens (tertiary/aromatic N) is 2. The van der Waals surface area contributed by atoms with Crippen LogP contribution in [0.3, 0.4) is 0 Å². The first-order valence-electron chi connectivity index (χ1n) is 10.8. The fraction of sp³-hybridized carbons (Fsp3) is 0.478. The molecule has 2 aliphatic rings. The highest BCUT2D eigenvalue weighted by Gasteiger charge is 2.53. The number of likely N-dealkylation sites (tertiary alicyclic amines) is 1. The minimum absolute atomic E-state index is 0.0696. The smallest absolute Gasteiger partial charge is 0.248 e. The van der Waals surface area contributed by atoms with E-state index in [0.29, 0.717) is 30.7 Å². The van der Waals surface area contributed by atoms with Crippen LogP contribution in [0.15, 0.2) is 41.6 Å². The van der Waals surface area contributed by atoms with Gasteiger partial charge in [-0.05, 0) is 31.6 Å². The number of nitrogens with two attached hydrogens (primary N) is 1. The summed E-state index contributed by atoms with van der Waals surface area (Å²) in [6.45, 7) is 4.14. The summed E-state index contributed by atoms with van der Waals surface area (Å²) in [6.07, 6.45) is 7.08. The van der Waals surface area contributed by atoms with Gasteiger partial charge in [0.2, 0.25) is 17.7 Å². The van der Waals surface area contributed by atoms with Crippen molar-refractivity contribution in [3.05, 3.63) is 42.0 Å². The Morgan fingerprint density at radius 2 is 2.16 bits per heavy atom. The molecule has 2 atom stereocenters. The van der Waals surface area contributed by atoms with Gasteiger partial charge in [0.1, 0.15) is 6.04 Å². The number of allylic oxidation sites excluding steroid dienone is 1. The quantitative estimate of drug-likeness (QED) is 0.491. The van der Waals surface area contributed by atoms with Gasteiger partial charge < -0.3 is 20.8 Å². The minimum atomic E-state index is -0.750. The zero-order valence-corrected chi connectivity index (χ0v) is 18.1. The standard InChI is InChI=1S/C23H30N4O4/c1-3-5-6-11-21(29)27-15-23(14-19(27)22(24)30)13-18(26-31-23)16-9-7-10-17(12-16)25-20(28)8-4-2/h4,7-10,12,19H,3,5-6,11,13-15H2,1-2H3,(H2,24,30)(H,25,28)/b8-4-/t19-,23?/m0/s1. The van der Waals surface area contributed by atoms with Gasteiger partial charge in [0.05, 0.1) is 12.3 Å². The van der Waals surface area contributed by atoms with Crippen LogP contribution in [0, 0.1) is 0 Å². The van der Waals surface area contributed by atoms with E-state index < -0.39 is 17.6 Å². The molecule has 8 nitrogen and oxygen atoms in total. The van der Waals surface area contributed by atoms with E-state index >= 15 is 0 Å². The van der Waals surface area contributed by atoms with Crippen LogP contribution < -0.4 is 11.1 Å². The van der Waals surface area contributed by atoms with E-state index in [2.05, 4.69) is 17.4 Å². The molecule has 0 saturated carbocycles. The molecular weight excluding hydrogens is 396 g/mol. The molecule has 0 aromatic heterocycles. The van der Waals surface area contributed by atoms with Crippen molar-refractivity contribution in [3.8, 4) is 0 Å². The van der Waals surface area contributed by atoms with Crippen LogP contribution in [-0.2, 0) is 19.2 Å². The number of hydrogen-bond acceptors (Lipinski definition) is 5. The zero-order valence-electron chi connectivity index (χ0n) is 18.1. The molecule has 2 heterocycles. The van der Waals surface area contributed by atoms with Gasteiger partial charge in [-0.3, -0.25) is 14.4 Å². The van der Waals surface area contributed by atoms with Crippen LogP contribution >= 0.6 is 0 Å². The normalized spacial score (nSPS) is 22.6. The number of benzene rings is 1. The Balaban J connectivity index is 1.70. The average Bonchev–Trinajstić information content (AvgIpc) is 3.33. The predicted molar refractivity (Wildman–Crippen MR) is 118 cm³/mol. The molecule has 3 amide bonds. The van der Waals surface area contributed by atoms with Crippen molar-refractivity contribution >= 4 is 29.1 Å². The molecule has 0 aliphatic carbocycles. The van der Waals surface area contributed by atoms with Crippen molar-refractivity contribution in [2.45, 2.75) is 64.0 Å². The summed E-state index contributed by atoms with van der Waals surface area (Å²) in [7, 11) is 0. The third kappa shape index (κ3) is 5.31. The molecule has 0 bridgehead atoms. The van der Waals surface area contributed by atoms with Crippen molar-refractivity contribution in [1.82, 2.24) is 4.90 Å². The molecule has 166 valence electrons. The number of carbonyl (C=O) groups excluding carboxylic acids is 3. The van der Waals surface area contributed by atoms with E-state index in [1.807, 2.05) is 18.2 Å². The van der Waals surface area contributed by atoms with E-state index in [-0.39, 0.29) is 18.4 Å². The second kappa shape index (κ2) is 9.76. The van der Waals surface area contributed by atoms with E-state index in [1.165, 1.54) is 6.08 Å². The summed E-state index contributed by atoms with van der Waals surface area (Å²) in [5.74, 6) is -0.802. The van der Waals surface area contributed by atoms with Gasteiger partial charge >= 0.3 is 0 Å². The van der Waals surface area contributed by atoms with Crippen molar-refractivity contribution in [2.75, 3.05) is 11.9 Å². The molecule has 31 heavy (non-hydrogen) atoms. The summed E-state index contributed by atoms with van der Waals surface area (Å²) in [6, 6.07) is 6.66. The summed E-state index contributed by atoms with van der Waals surface area (Å²) in [5.41, 5.74) is 7.03. The number of nitrogens with one attached hydrogen (secondary N) is 1. The maximum absolute atomic E-state index is 12.7. The molecular formula is C23H30N4O4. The highest BCUT2D eigenvalue weighted by Crippen LogP contribution is 2.39. The SMILES string of the molecule is C/C=C\C(=O)Nc1cccc(C2=NOC3(C2)C[C@@H](C(N)=O)N(C(=O)CCCCC)C3)c1. The average molecular weight is 427 g/mol. The molecule has 1 aromatic rings. The molecule has 8 heteroatoms. The topological polar surface area (TPSA) is 114 Å². The van der Waals surface area contributed by atoms with Crippen LogP contribution in [0.25, 0.3) is 0 Å². The fourth-order valence-electron chi connectivity index (χ4n) is 4.12. The maximum Gasteiger partial charge on any atom is 0.248 e. The first-order valence-corrected chi connectivity index (χ1v) is 10.8. The van der Waals surface area contributed by atoms with E-state index in [9.17, 15) is 14.4 Å². The largest absolute Gasteiger partial charge is 0.387 e. The number of unbranched alkanes of at least 4 members (excludes halogenated alkanes) is 2. The molecule has 1 fully saturated rings. The number of carbonyl (C=O) groups is 3. The molecule has 3 N–H and O–H groups in total. The minimum Gasteiger partial charge on any atom is -0.387 e. The van der Waals surface area contributed by atoms with Crippen molar-refractivity contribution in [3.63, 3.8) is 0 Å². The molecule has 3 rings (SSSR count). The Labute approximate surface area is 182 Å². The molecule has 1 unspecified atom stereocenters. The van der Waals surface area contributed by atoms with E-state index in [0.717, 1.165) is 24.8 Å². The Kier molecular flexibility index (Phi) is 7.09. The van der Waals surface area contributed by atoms with Gasteiger partial charge in [-0.25, -0.2) is 0 Å². The second-order valence-electron chi connectivity index (χ2n) is 8.16. The highest BCUT2D eigenvalue weighted by molar-refractivity contribution is 6.04. The van der Waals surface area contributed by atoms with Crippen LogP contribution in [0.2, 0.25) is 0 Å². The Bertz CT molecular complexity index is 911. The lowest BCUT2D eigenvalue weighted by Crippen LogP contribution is -2.43. The van der Waals surface area contributed by atoms with Crippen molar-refractivity contribution < 1.29 is 19.2 Å². The Hall–Kier alpha value is -3.16. The lowest BCUT2D eigenvalue weighted by atomic mass is 9.91. The monoisotopic (exact) mass is 426 g/mol. The molecule has 0 radical (unpaired) electrons. The van der Waals surface area contributed by atoms with Crippen molar-refractivity contribution in [1.29, 1.82) is 0 Å². The van der Waals surface area contributed by atoms with Gasteiger partial charge in [0.15, 0.2) is 5.60 Å². The zero-order chi connectivity index (χ0) is 22.4. The number of oxime groups is 1. The summed E-state index contributed by atoms with van der Waals surface area (Å²) in [5, 5.41) is 7.06. The van der Waals surface area contributed by atoms with Crippen LogP contribution in [0.5, 0.6) is 0 Å². The first kappa shape index (κ1) is 22.5. The highest BCUT2D eigenvalue weighted by atomic mass is 16.7. The lowest BCUT2D eigenvalue weighted by Gasteiger charge is -2.23. The van der Waals surface area contributed by atoms with Gasteiger partial charge in [-0.2, -0.15) is 0 Å². The number of amides is 3. The predicted octanol–water partition coefficient (Wildman–Crippen LogP) is 2.73. The fourth-order valence-corrected chi connectivity index (χ4v) is 4.12. The van der Waals surface area contributed by atoms with E-state index in [1.54, 1.807) is 24.0 Å². The van der Waals surface area contributed by atoms with E-state index in [4.69, 9.17) is 10.6 Å². The Morgan fingerprint density at radius 3 is 2.87 bits per heavy atom. The number of hydrogen-bond donors (Lipinski definition) is 2. The summed E-state index contributed by atoms with van der Waals surface area (Å²) in [4.78, 5) is 43.9.